The molecule has 0 aromatic heterocycles. The zero-order chi connectivity index (χ0) is 11.1. The van der Waals surface area contributed by atoms with Crippen molar-refractivity contribution in [3.63, 3.8) is 0 Å². The summed E-state index contributed by atoms with van der Waals surface area (Å²) in [4.78, 5) is 0. The van der Waals surface area contributed by atoms with Crippen LogP contribution in [0.15, 0.2) is 24.3 Å². The molecule has 15 heavy (non-hydrogen) atoms. The first-order valence-electron chi connectivity index (χ1n) is 5.10. The zero-order valence-corrected chi connectivity index (χ0v) is 9.91. The highest BCUT2D eigenvalue weighted by atomic mass is 35.5. The molecule has 1 fully saturated rings. The zero-order valence-electron chi connectivity index (χ0n) is 9.16. The highest BCUT2D eigenvalue weighted by Gasteiger charge is 2.40. The Morgan fingerprint density at radius 1 is 1.20 bits per heavy atom. The van der Waals surface area contributed by atoms with Crippen molar-refractivity contribution >= 4 is 11.6 Å². The van der Waals surface area contributed by atoms with E-state index in [-0.39, 0.29) is 12.2 Å². The van der Waals surface area contributed by atoms with Gasteiger partial charge in [0.1, 0.15) is 6.10 Å². The van der Waals surface area contributed by atoms with Gasteiger partial charge in [-0.15, -0.1) is 0 Å². The van der Waals surface area contributed by atoms with Crippen LogP contribution in [0.25, 0.3) is 0 Å². The fourth-order valence-electron chi connectivity index (χ4n) is 1.96. The molecule has 0 spiro atoms. The van der Waals surface area contributed by atoms with E-state index < -0.39 is 5.79 Å². The van der Waals surface area contributed by atoms with Crippen LogP contribution in [0, 0.1) is 0 Å². The monoisotopic (exact) mass is 226 g/mol. The first-order valence-corrected chi connectivity index (χ1v) is 5.47. The van der Waals surface area contributed by atoms with Gasteiger partial charge in [0.15, 0.2) is 5.79 Å². The number of benzene rings is 1. The molecule has 1 aliphatic rings. The largest absolute Gasteiger partial charge is 0.344 e. The standard InChI is InChI=1S/C12H15ClO2/c1-8-11(15-12(2,3)14-8)9-6-4-5-7-10(9)13/h4-8,11H,1-3H3/t8-,11+/m1/s1. The molecule has 0 amide bonds. The maximum atomic E-state index is 6.13. The van der Waals surface area contributed by atoms with E-state index in [1.165, 1.54) is 0 Å². The van der Waals surface area contributed by atoms with Crippen molar-refractivity contribution in [2.24, 2.45) is 0 Å². The van der Waals surface area contributed by atoms with Crippen molar-refractivity contribution in [1.29, 1.82) is 0 Å². The van der Waals surface area contributed by atoms with Gasteiger partial charge in [-0.1, -0.05) is 29.8 Å². The van der Waals surface area contributed by atoms with Crippen LogP contribution in [0.2, 0.25) is 5.02 Å². The molecule has 1 saturated heterocycles. The Morgan fingerprint density at radius 3 is 2.40 bits per heavy atom. The quantitative estimate of drug-likeness (QED) is 0.729. The summed E-state index contributed by atoms with van der Waals surface area (Å²) in [6.45, 7) is 5.84. The van der Waals surface area contributed by atoms with Crippen molar-refractivity contribution in [2.75, 3.05) is 0 Å². The first kappa shape index (κ1) is 10.9. The maximum absolute atomic E-state index is 6.13. The van der Waals surface area contributed by atoms with Gasteiger partial charge in [0, 0.05) is 10.6 Å². The van der Waals surface area contributed by atoms with Crippen LogP contribution >= 0.6 is 11.6 Å². The summed E-state index contributed by atoms with van der Waals surface area (Å²) in [5, 5.41) is 0.732. The van der Waals surface area contributed by atoms with Crippen molar-refractivity contribution in [1.82, 2.24) is 0 Å². The van der Waals surface area contributed by atoms with Crippen molar-refractivity contribution in [3.05, 3.63) is 34.9 Å². The summed E-state index contributed by atoms with van der Waals surface area (Å²) in [5.74, 6) is -0.525. The molecular formula is C12H15ClO2. The Balaban J connectivity index is 2.29. The van der Waals surface area contributed by atoms with Crippen LogP contribution in [0.1, 0.15) is 32.4 Å². The predicted molar refractivity (Wildman–Crippen MR) is 59.9 cm³/mol. The van der Waals surface area contributed by atoms with E-state index in [4.69, 9.17) is 21.1 Å². The van der Waals surface area contributed by atoms with Gasteiger partial charge < -0.3 is 9.47 Å². The molecule has 0 bridgehead atoms. The second-order valence-electron chi connectivity index (χ2n) is 4.28. The Labute approximate surface area is 95.1 Å². The molecule has 0 N–H and O–H groups in total. The first-order chi connectivity index (χ1) is 6.99. The Hall–Kier alpha value is -0.570. The molecule has 82 valence electrons. The summed E-state index contributed by atoms with van der Waals surface area (Å²) >= 11 is 6.13. The number of hydrogen-bond acceptors (Lipinski definition) is 2. The minimum Gasteiger partial charge on any atom is -0.344 e. The molecule has 0 unspecified atom stereocenters. The minimum absolute atomic E-state index is 0.0277. The maximum Gasteiger partial charge on any atom is 0.164 e. The van der Waals surface area contributed by atoms with Gasteiger partial charge in [0.05, 0.1) is 6.10 Å². The van der Waals surface area contributed by atoms with E-state index in [2.05, 4.69) is 0 Å². The van der Waals surface area contributed by atoms with Gasteiger partial charge in [-0.25, -0.2) is 0 Å². The normalized spacial score (nSPS) is 29.3. The average molecular weight is 227 g/mol. The topological polar surface area (TPSA) is 18.5 Å². The van der Waals surface area contributed by atoms with Crippen LogP contribution in [-0.2, 0) is 9.47 Å². The number of ether oxygens (including phenoxy) is 2. The van der Waals surface area contributed by atoms with Crippen LogP contribution in [0.3, 0.4) is 0 Å². The molecular weight excluding hydrogens is 212 g/mol. The summed E-state index contributed by atoms with van der Waals surface area (Å²) in [5.41, 5.74) is 0.997. The molecule has 0 radical (unpaired) electrons. The molecule has 3 heteroatoms. The lowest BCUT2D eigenvalue weighted by Gasteiger charge is -2.17. The number of rotatable bonds is 1. The van der Waals surface area contributed by atoms with Gasteiger partial charge in [-0.05, 0) is 26.8 Å². The van der Waals surface area contributed by atoms with E-state index in [0.29, 0.717) is 0 Å². The molecule has 2 nitrogen and oxygen atoms in total. The van der Waals surface area contributed by atoms with E-state index in [1.54, 1.807) is 0 Å². The lowest BCUT2D eigenvalue weighted by molar-refractivity contribution is -0.145. The van der Waals surface area contributed by atoms with Crippen LogP contribution < -0.4 is 0 Å². The van der Waals surface area contributed by atoms with Crippen molar-refractivity contribution in [3.8, 4) is 0 Å². The SMILES string of the molecule is C[C@H]1OC(C)(C)O[C@@H]1c1ccccc1Cl. The second-order valence-corrected chi connectivity index (χ2v) is 4.69. The van der Waals surface area contributed by atoms with Gasteiger partial charge in [0.25, 0.3) is 0 Å². The average Bonchev–Trinajstić information content (AvgIpc) is 2.40. The van der Waals surface area contributed by atoms with E-state index in [0.717, 1.165) is 10.6 Å². The van der Waals surface area contributed by atoms with Crippen LogP contribution in [-0.4, -0.2) is 11.9 Å². The van der Waals surface area contributed by atoms with E-state index >= 15 is 0 Å². The third-order valence-electron chi connectivity index (χ3n) is 2.52. The Bertz CT molecular complexity index is 362. The molecule has 2 rings (SSSR count). The molecule has 1 aromatic rings. The van der Waals surface area contributed by atoms with Crippen LogP contribution in [0.5, 0.6) is 0 Å². The summed E-state index contributed by atoms with van der Waals surface area (Å²) in [6.07, 6.45) is -0.0476. The van der Waals surface area contributed by atoms with E-state index in [9.17, 15) is 0 Å². The molecule has 0 saturated carbocycles. The van der Waals surface area contributed by atoms with Crippen molar-refractivity contribution in [2.45, 2.75) is 38.8 Å². The van der Waals surface area contributed by atoms with E-state index in [1.807, 2.05) is 45.0 Å². The predicted octanol–water partition coefficient (Wildman–Crippen LogP) is 3.55. The van der Waals surface area contributed by atoms with Gasteiger partial charge >= 0.3 is 0 Å². The molecule has 1 aliphatic heterocycles. The minimum atomic E-state index is -0.525. The molecule has 0 aliphatic carbocycles. The summed E-state index contributed by atoms with van der Waals surface area (Å²) in [6, 6.07) is 7.73. The summed E-state index contributed by atoms with van der Waals surface area (Å²) in [7, 11) is 0. The smallest absolute Gasteiger partial charge is 0.164 e. The lowest BCUT2D eigenvalue weighted by Crippen LogP contribution is -2.20. The second kappa shape index (κ2) is 3.78. The number of halogens is 1. The molecule has 1 heterocycles. The molecule has 2 atom stereocenters. The van der Waals surface area contributed by atoms with Gasteiger partial charge in [-0.3, -0.25) is 0 Å². The van der Waals surface area contributed by atoms with Gasteiger partial charge in [-0.2, -0.15) is 0 Å². The third kappa shape index (κ3) is 2.17. The fraction of sp³-hybridized carbons (Fsp3) is 0.500. The Kier molecular flexibility index (Phi) is 2.75. The van der Waals surface area contributed by atoms with Gasteiger partial charge in [0.2, 0.25) is 0 Å². The highest BCUT2D eigenvalue weighted by Crippen LogP contribution is 2.40. The fourth-order valence-corrected chi connectivity index (χ4v) is 2.20. The van der Waals surface area contributed by atoms with Crippen molar-refractivity contribution < 1.29 is 9.47 Å². The lowest BCUT2D eigenvalue weighted by atomic mass is 10.1. The van der Waals surface area contributed by atoms with Crippen LogP contribution in [0.4, 0.5) is 0 Å². The third-order valence-corrected chi connectivity index (χ3v) is 2.86. The molecule has 1 aromatic carbocycles. The Morgan fingerprint density at radius 2 is 1.87 bits per heavy atom. The highest BCUT2D eigenvalue weighted by molar-refractivity contribution is 6.31. The summed E-state index contributed by atoms with van der Waals surface area (Å²) < 4.78 is 11.5. The number of hydrogen-bond donors (Lipinski definition) is 0.